The van der Waals surface area contributed by atoms with E-state index in [0.717, 1.165) is 0 Å². The zero-order valence-electron chi connectivity index (χ0n) is 9.91. The van der Waals surface area contributed by atoms with Crippen molar-refractivity contribution >= 4 is 27.5 Å². The minimum Gasteiger partial charge on any atom is -0.449 e. The maximum Gasteiger partial charge on any atom is 0.246 e. The second-order valence-corrected chi connectivity index (χ2v) is 5.74. The van der Waals surface area contributed by atoms with Crippen molar-refractivity contribution in [1.82, 2.24) is 0 Å². The zero-order chi connectivity index (χ0) is 12.6. The molecule has 1 atom stereocenters. The van der Waals surface area contributed by atoms with E-state index < -0.39 is 5.79 Å². The number of carbonyl (C=O) groups excluding carboxylic acids is 1. The summed E-state index contributed by atoms with van der Waals surface area (Å²) in [4.78, 5) is 11.3. The highest BCUT2D eigenvalue weighted by molar-refractivity contribution is 9.10. The van der Waals surface area contributed by atoms with Crippen LogP contribution in [0.1, 0.15) is 20.8 Å². The summed E-state index contributed by atoms with van der Waals surface area (Å²) >= 11 is 3.21. The quantitative estimate of drug-likeness (QED) is 0.854. The Balaban J connectivity index is 2.17. The first-order valence-electron chi connectivity index (χ1n) is 5.34. The molecule has 0 radical (unpaired) electrons. The molecule has 1 heterocycles. The Kier molecular flexibility index (Phi) is 3.03. The highest BCUT2D eigenvalue weighted by atomic mass is 79.9. The number of hydrogen-bond donors (Lipinski definition) is 1. The Morgan fingerprint density at radius 2 is 2.00 bits per heavy atom. The molecule has 1 aromatic carbocycles. The van der Waals surface area contributed by atoms with Gasteiger partial charge in [0.15, 0.2) is 11.5 Å². The van der Waals surface area contributed by atoms with Gasteiger partial charge in [0.05, 0.1) is 4.83 Å². The van der Waals surface area contributed by atoms with Gasteiger partial charge in [0.25, 0.3) is 0 Å². The summed E-state index contributed by atoms with van der Waals surface area (Å²) in [5, 5.41) is 2.78. The molecule has 1 unspecified atom stereocenters. The van der Waals surface area contributed by atoms with Crippen molar-refractivity contribution in [1.29, 1.82) is 0 Å². The van der Waals surface area contributed by atoms with Gasteiger partial charge in [-0.15, -0.1) is 0 Å². The molecule has 1 N–H and O–H groups in total. The first-order valence-corrected chi connectivity index (χ1v) is 6.26. The van der Waals surface area contributed by atoms with E-state index in [0.29, 0.717) is 17.2 Å². The minimum absolute atomic E-state index is 0.0943. The van der Waals surface area contributed by atoms with Crippen LogP contribution >= 0.6 is 15.9 Å². The Bertz CT molecular complexity index is 457. The molecule has 1 aliphatic heterocycles. The van der Waals surface area contributed by atoms with Crippen LogP contribution in [0.2, 0.25) is 0 Å². The van der Waals surface area contributed by atoms with E-state index in [-0.39, 0.29) is 10.7 Å². The summed E-state index contributed by atoms with van der Waals surface area (Å²) in [7, 11) is 0. The number of nitrogens with one attached hydrogen (secondary N) is 1. The Labute approximate surface area is 108 Å². The standard InChI is InChI=1S/C12H14BrNO3/c1-7(13)11(15)14-8-4-5-9-10(6-8)17-12(2,3)16-9/h4-7H,1-3H3,(H,14,15). The number of hydrogen-bond acceptors (Lipinski definition) is 3. The lowest BCUT2D eigenvalue weighted by Gasteiger charge is -2.16. The van der Waals surface area contributed by atoms with Crippen molar-refractivity contribution in [3.05, 3.63) is 18.2 Å². The van der Waals surface area contributed by atoms with E-state index in [2.05, 4.69) is 21.2 Å². The zero-order valence-corrected chi connectivity index (χ0v) is 11.5. The fraction of sp³-hybridized carbons (Fsp3) is 0.417. The van der Waals surface area contributed by atoms with Crippen LogP contribution in [0, 0.1) is 0 Å². The molecule has 0 aliphatic carbocycles. The molecule has 92 valence electrons. The smallest absolute Gasteiger partial charge is 0.246 e. The second-order valence-electron chi connectivity index (χ2n) is 4.37. The van der Waals surface area contributed by atoms with Crippen molar-refractivity contribution < 1.29 is 14.3 Å². The molecule has 5 heteroatoms. The van der Waals surface area contributed by atoms with Crippen LogP contribution < -0.4 is 14.8 Å². The summed E-state index contributed by atoms with van der Waals surface area (Å²) in [6.45, 7) is 5.45. The third kappa shape index (κ3) is 2.72. The molecule has 17 heavy (non-hydrogen) atoms. The average molecular weight is 300 g/mol. The number of fused-ring (bicyclic) bond motifs is 1. The fourth-order valence-electron chi connectivity index (χ4n) is 1.54. The SMILES string of the molecule is CC(Br)C(=O)Nc1ccc2c(c1)OC(C)(C)O2. The molecule has 0 saturated carbocycles. The molecule has 4 nitrogen and oxygen atoms in total. The summed E-state index contributed by atoms with van der Waals surface area (Å²) in [6.07, 6.45) is 0. The largest absolute Gasteiger partial charge is 0.449 e. The molecule has 0 saturated heterocycles. The molecular weight excluding hydrogens is 286 g/mol. The highest BCUT2D eigenvalue weighted by Gasteiger charge is 2.31. The molecule has 0 fully saturated rings. The predicted octanol–water partition coefficient (Wildman–Crippen LogP) is 2.92. The number of halogens is 1. The van der Waals surface area contributed by atoms with E-state index in [9.17, 15) is 4.79 Å². The average Bonchev–Trinajstić information content (AvgIpc) is 2.50. The van der Waals surface area contributed by atoms with Gasteiger partial charge in [0.2, 0.25) is 11.7 Å². The van der Waals surface area contributed by atoms with Crippen molar-refractivity contribution in [2.45, 2.75) is 31.4 Å². The van der Waals surface area contributed by atoms with Gasteiger partial charge in [0, 0.05) is 25.6 Å². The highest BCUT2D eigenvalue weighted by Crippen LogP contribution is 2.40. The summed E-state index contributed by atoms with van der Waals surface area (Å²) in [5.74, 6) is 0.603. The van der Waals surface area contributed by atoms with Crippen LogP contribution in [0.4, 0.5) is 5.69 Å². The normalized spacial score (nSPS) is 17.6. The van der Waals surface area contributed by atoms with Crippen LogP contribution in [0.25, 0.3) is 0 Å². The Morgan fingerprint density at radius 3 is 2.65 bits per heavy atom. The van der Waals surface area contributed by atoms with Crippen LogP contribution in [0.3, 0.4) is 0 Å². The lowest BCUT2D eigenvalue weighted by atomic mass is 10.2. The number of alkyl halides is 1. The van der Waals surface area contributed by atoms with Crippen LogP contribution in [0.5, 0.6) is 11.5 Å². The fourth-order valence-corrected chi connectivity index (χ4v) is 1.66. The molecule has 1 amide bonds. The number of benzene rings is 1. The topological polar surface area (TPSA) is 47.6 Å². The Morgan fingerprint density at radius 1 is 1.35 bits per heavy atom. The van der Waals surface area contributed by atoms with Gasteiger partial charge < -0.3 is 14.8 Å². The summed E-state index contributed by atoms with van der Waals surface area (Å²) in [6, 6.07) is 5.34. The van der Waals surface area contributed by atoms with Gasteiger partial charge in [0.1, 0.15) is 0 Å². The molecule has 1 aromatic rings. The third-order valence-corrected chi connectivity index (χ3v) is 2.70. The monoisotopic (exact) mass is 299 g/mol. The predicted molar refractivity (Wildman–Crippen MR) is 68.8 cm³/mol. The van der Waals surface area contributed by atoms with E-state index in [1.165, 1.54) is 0 Å². The van der Waals surface area contributed by atoms with Gasteiger partial charge in [-0.2, -0.15) is 0 Å². The van der Waals surface area contributed by atoms with Crippen molar-refractivity contribution in [2.75, 3.05) is 5.32 Å². The van der Waals surface area contributed by atoms with Gasteiger partial charge in [-0.3, -0.25) is 4.79 Å². The van der Waals surface area contributed by atoms with Gasteiger partial charge in [-0.05, 0) is 19.1 Å². The molecule has 0 bridgehead atoms. The number of rotatable bonds is 2. The lowest BCUT2D eigenvalue weighted by Crippen LogP contribution is -2.29. The van der Waals surface area contributed by atoms with Crippen LogP contribution in [-0.2, 0) is 4.79 Å². The van der Waals surface area contributed by atoms with E-state index in [4.69, 9.17) is 9.47 Å². The molecule has 0 spiro atoms. The van der Waals surface area contributed by atoms with Crippen molar-refractivity contribution in [3.8, 4) is 11.5 Å². The van der Waals surface area contributed by atoms with E-state index in [1.807, 2.05) is 13.8 Å². The van der Waals surface area contributed by atoms with E-state index >= 15 is 0 Å². The maximum atomic E-state index is 11.5. The molecular formula is C12H14BrNO3. The van der Waals surface area contributed by atoms with Crippen LogP contribution in [-0.4, -0.2) is 16.5 Å². The molecule has 0 aromatic heterocycles. The van der Waals surface area contributed by atoms with Crippen molar-refractivity contribution in [3.63, 3.8) is 0 Å². The second kappa shape index (κ2) is 4.22. The van der Waals surface area contributed by atoms with Crippen LogP contribution in [0.15, 0.2) is 18.2 Å². The Hall–Kier alpha value is -1.23. The first-order chi connectivity index (χ1) is 7.87. The van der Waals surface area contributed by atoms with Gasteiger partial charge >= 0.3 is 0 Å². The number of carbonyl (C=O) groups is 1. The number of anilines is 1. The maximum absolute atomic E-state index is 11.5. The van der Waals surface area contributed by atoms with Gasteiger partial charge in [-0.1, -0.05) is 15.9 Å². The minimum atomic E-state index is -0.645. The number of ether oxygens (including phenoxy) is 2. The molecule has 1 aliphatic rings. The van der Waals surface area contributed by atoms with Gasteiger partial charge in [-0.25, -0.2) is 0 Å². The summed E-state index contributed by atoms with van der Waals surface area (Å²) in [5.41, 5.74) is 0.696. The van der Waals surface area contributed by atoms with E-state index in [1.54, 1.807) is 25.1 Å². The third-order valence-electron chi connectivity index (χ3n) is 2.28. The lowest BCUT2D eigenvalue weighted by molar-refractivity contribution is -0.115. The summed E-state index contributed by atoms with van der Waals surface area (Å²) < 4.78 is 11.1. The number of amides is 1. The van der Waals surface area contributed by atoms with Crippen molar-refractivity contribution in [2.24, 2.45) is 0 Å². The molecule has 2 rings (SSSR count). The first kappa shape index (κ1) is 12.2.